The normalized spacial score (nSPS) is 28.6. The van der Waals surface area contributed by atoms with Gasteiger partial charge in [-0.3, -0.25) is 24.6 Å². The number of benzene rings is 2. The van der Waals surface area contributed by atoms with Crippen LogP contribution in [0.2, 0.25) is 0 Å². The third-order valence-corrected chi connectivity index (χ3v) is 8.14. The van der Waals surface area contributed by atoms with Gasteiger partial charge in [0.15, 0.2) is 0 Å². The molecule has 174 valence electrons. The Morgan fingerprint density at radius 3 is 2.65 bits per heavy atom. The second kappa shape index (κ2) is 7.27. The lowest BCUT2D eigenvalue weighted by Gasteiger charge is -2.31. The zero-order chi connectivity index (χ0) is 23.8. The van der Waals surface area contributed by atoms with Gasteiger partial charge >= 0.3 is 0 Å². The number of para-hydroxylation sites is 2. The van der Waals surface area contributed by atoms with Crippen LogP contribution in [-0.4, -0.2) is 39.7 Å². The second-order valence-electron chi connectivity index (χ2n) is 9.88. The first-order valence-electron chi connectivity index (χ1n) is 12.0. The van der Waals surface area contributed by atoms with Crippen LogP contribution in [0.1, 0.15) is 37.0 Å². The molecule has 1 spiro atoms. The fourth-order valence-corrected chi connectivity index (χ4v) is 6.33. The minimum atomic E-state index is -1.25. The number of rotatable bonds is 4. The van der Waals surface area contributed by atoms with E-state index in [-0.39, 0.29) is 29.8 Å². The third-order valence-electron chi connectivity index (χ3n) is 8.14. The first-order chi connectivity index (χ1) is 16.4. The summed E-state index contributed by atoms with van der Waals surface area (Å²) in [7, 11) is 0. The fraction of sp³-hybridized carbons (Fsp3) is 0.370. The van der Waals surface area contributed by atoms with Crippen molar-refractivity contribution in [2.45, 2.75) is 51.2 Å². The molecule has 6 rings (SSSR count). The number of hydrogen-bond donors (Lipinski definition) is 3. The summed E-state index contributed by atoms with van der Waals surface area (Å²) >= 11 is 0. The highest BCUT2D eigenvalue weighted by atomic mass is 16.2. The molecule has 2 saturated heterocycles. The van der Waals surface area contributed by atoms with Crippen molar-refractivity contribution in [3.8, 4) is 0 Å². The summed E-state index contributed by atoms with van der Waals surface area (Å²) < 4.78 is 0. The van der Waals surface area contributed by atoms with Crippen molar-refractivity contribution in [3.05, 3.63) is 65.4 Å². The molecule has 3 N–H and O–H groups in total. The minimum absolute atomic E-state index is 0.174. The molecule has 5 atom stereocenters. The second-order valence-corrected chi connectivity index (χ2v) is 9.88. The van der Waals surface area contributed by atoms with Gasteiger partial charge in [-0.2, -0.15) is 0 Å². The average Bonchev–Trinajstić information content (AvgIpc) is 3.54. The number of aromatic amines is 1. The van der Waals surface area contributed by atoms with Gasteiger partial charge in [-0.1, -0.05) is 43.3 Å². The Morgan fingerprint density at radius 1 is 1.06 bits per heavy atom. The summed E-state index contributed by atoms with van der Waals surface area (Å²) in [6.45, 7) is 5.82. The van der Waals surface area contributed by atoms with Gasteiger partial charge in [-0.25, -0.2) is 0 Å². The van der Waals surface area contributed by atoms with E-state index in [0.717, 1.165) is 33.3 Å². The molecule has 3 amide bonds. The largest absolute Gasteiger partial charge is 0.361 e. The van der Waals surface area contributed by atoms with Gasteiger partial charge in [0.2, 0.25) is 17.7 Å². The molecule has 7 nitrogen and oxygen atoms in total. The molecule has 0 saturated carbocycles. The van der Waals surface area contributed by atoms with Crippen LogP contribution in [0.15, 0.2) is 48.7 Å². The highest BCUT2D eigenvalue weighted by Gasteiger charge is 2.70. The molecule has 0 aliphatic carbocycles. The number of hydrogen-bond acceptors (Lipinski definition) is 4. The standard InChI is InChI=1S/C27H28N4O3/c1-4-15(3)31-24(32)21-20(12-16-13-28-19-11-6-5-9-17(16)19)30-27(22(21)25(31)33)18-10-7-8-14(2)23(18)29-26(27)34/h5-11,13,15,20-22,28,30H,4,12H2,1-3H3,(H,29,34)/t15-,20+,21+,22-,27-/m0/s1. The van der Waals surface area contributed by atoms with Gasteiger partial charge in [-0.05, 0) is 43.9 Å². The van der Waals surface area contributed by atoms with Gasteiger partial charge < -0.3 is 10.3 Å². The van der Waals surface area contributed by atoms with E-state index < -0.39 is 17.4 Å². The van der Waals surface area contributed by atoms with E-state index >= 15 is 0 Å². The fourth-order valence-electron chi connectivity index (χ4n) is 6.33. The average molecular weight is 457 g/mol. The van der Waals surface area contributed by atoms with Crippen molar-refractivity contribution in [3.63, 3.8) is 0 Å². The Kier molecular flexibility index (Phi) is 4.51. The van der Waals surface area contributed by atoms with E-state index in [9.17, 15) is 14.4 Å². The number of amides is 3. The lowest BCUT2D eigenvalue weighted by Crippen LogP contribution is -2.54. The van der Waals surface area contributed by atoms with Crippen molar-refractivity contribution in [1.29, 1.82) is 0 Å². The lowest BCUT2D eigenvalue weighted by molar-refractivity contribution is -0.145. The monoisotopic (exact) mass is 456 g/mol. The molecule has 3 aliphatic heterocycles. The summed E-state index contributed by atoms with van der Waals surface area (Å²) in [6, 6.07) is 13.2. The number of anilines is 1. The van der Waals surface area contributed by atoms with Gasteiger partial charge in [0, 0.05) is 40.4 Å². The molecular formula is C27H28N4O3. The number of carbonyl (C=O) groups excluding carboxylic acids is 3. The van der Waals surface area contributed by atoms with E-state index in [1.165, 1.54) is 4.90 Å². The number of nitrogens with zero attached hydrogens (tertiary/aromatic N) is 1. The summed E-state index contributed by atoms with van der Waals surface area (Å²) in [5, 5.41) is 7.66. The number of H-pyrrole nitrogens is 1. The third kappa shape index (κ3) is 2.59. The molecular weight excluding hydrogens is 428 g/mol. The molecule has 3 aliphatic rings. The number of imide groups is 1. The Bertz CT molecular complexity index is 1360. The summed E-state index contributed by atoms with van der Waals surface area (Å²) in [5.41, 5.74) is 3.29. The van der Waals surface area contributed by atoms with Crippen LogP contribution in [0.4, 0.5) is 5.69 Å². The van der Waals surface area contributed by atoms with Gasteiger partial charge in [-0.15, -0.1) is 0 Å². The van der Waals surface area contributed by atoms with Crippen molar-refractivity contribution in [1.82, 2.24) is 15.2 Å². The summed E-state index contributed by atoms with van der Waals surface area (Å²) in [4.78, 5) is 46.0. The Hall–Kier alpha value is -3.45. The number of aryl methyl sites for hydroxylation is 1. The lowest BCUT2D eigenvalue weighted by atomic mass is 9.76. The summed E-state index contributed by atoms with van der Waals surface area (Å²) in [6.07, 6.45) is 3.17. The van der Waals surface area contributed by atoms with Gasteiger partial charge in [0.25, 0.3) is 0 Å². The zero-order valence-corrected chi connectivity index (χ0v) is 19.5. The van der Waals surface area contributed by atoms with Gasteiger partial charge in [0.05, 0.1) is 11.8 Å². The Labute approximate surface area is 197 Å². The Balaban J connectivity index is 1.50. The maximum Gasteiger partial charge on any atom is 0.250 e. The van der Waals surface area contributed by atoms with Crippen LogP contribution >= 0.6 is 0 Å². The van der Waals surface area contributed by atoms with Gasteiger partial charge in [0.1, 0.15) is 5.54 Å². The SMILES string of the molecule is CC[C@H](C)N1C(=O)[C@H]2[C@@H](C1=O)[C@]1(N[C@@H]2Cc2c[nH]c3ccccc23)C(=O)Nc2c(C)cccc21. The molecule has 3 aromatic rings. The molecule has 34 heavy (non-hydrogen) atoms. The first kappa shape index (κ1) is 21.1. The Morgan fingerprint density at radius 2 is 1.85 bits per heavy atom. The minimum Gasteiger partial charge on any atom is -0.361 e. The predicted molar refractivity (Wildman–Crippen MR) is 129 cm³/mol. The molecule has 0 bridgehead atoms. The summed E-state index contributed by atoms with van der Waals surface area (Å²) in [5.74, 6) is -2.05. The molecule has 7 heteroatoms. The van der Waals surface area contributed by atoms with Crippen molar-refractivity contribution in [2.24, 2.45) is 11.8 Å². The quantitative estimate of drug-likeness (QED) is 0.526. The molecule has 2 fully saturated rings. The maximum absolute atomic E-state index is 13.8. The number of carbonyl (C=O) groups is 3. The van der Waals surface area contributed by atoms with Crippen LogP contribution in [-0.2, 0) is 26.3 Å². The highest BCUT2D eigenvalue weighted by Crippen LogP contribution is 2.54. The molecule has 1 aromatic heterocycles. The van der Waals surface area contributed by atoms with E-state index in [2.05, 4.69) is 21.7 Å². The van der Waals surface area contributed by atoms with Crippen LogP contribution in [0.3, 0.4) is 0 Å². The maximum atomic E-state index is 13.8. The smallest absolute Gasteiger partial charge is 0.250 e. The molecule has 0 unspecified atom stereocenters. The van der Waals surface area contributed by atoms with Crippen LogP contribution in [0.5, 0.6) is 0 Å². The number of likely N-dealkylation sites (tertiary alicyclic amines) is 1. The van der Waals surface area contributed by atoms with Crippen molar-refractivity contribution < 1.29 is 14.4 Å². The van der Waals surface area contributed by atoms with E-state index in [4.69, 9.17) is 0 Å². The number of nitrogens with one attached hydrogen (secondary N) is 3. The van der Waals surface area contributed by atoms with Crippen LogP contribution < -0.4 is 10.6 Å². The molecule has 2 aromatic carbocycles. The van der Waals surface area contributed by atoms with Crippen LogP contribution in [0, 0.1) is 18.8 Å². The van der Waals surface area contributed by atoms with E-state index in [1.807, 2.05) is 63.4 Å². The number of aromatic nitrogens is 1. The predicted octanol–water partition coefficient (Wildman–Crippen LogP) is 3.24. The molecule has 0 radical (unpaired) electrons. The first-order valence-corrected chi connectivity index (χ1v) is 12.0. The van der Waals surface area contributed by atoms with Crippen molar-refractivity contribution >= 4 is 34.3 Å². The van der Waals surface area contributed by atoms with E-state index in [1.54, 1.807) is 0 Å². The highest BCUT2D eigenvalue weighted by molar-refractivity contribution is 6.15. The van der Waals surface area contributed by atoms with Crippen molar-refractivity contribution in [2.75, 3.05) is 5.32 Å². The zero-order valence-electron chi connectivity index (χ0n) is 19.5. The molecule has 4 heterocycles. The van der Waals surface area contributed by atoms with E-state index in [0.29, 0.717) is 12.8 Å². The topological polar surface area (TPSA) is 94.3 Å². The number of fused-ring (bicyclic) bond motifs is 5. The van der Waals surface area contributed by atoms with Crippen LogP contribution in [0.25, 0.3) is 10.9 Å².